The van der Waals surface area contributed by atoms with E-state index in [9.17, 15) is 0 Å². The number of rotatable bonds is 6. The lowest BCUT2D eigenvalue weighted by molar-refractivity contribution is 0.310. The molecule has 1 aromatic carbocycles. The van der Waals surface area contributed by atoms with E-state index in [0.29, 0.717) is 18.4 Å². The summed E-state index contributed by atoms with van der Waals surface area (Å²) in [5.41, 5.74) is 2.25. The van der Waals surface area contributed by atoms with Gasteiger partial charge in [0.15, 0.2) is 11.5 Å². The third-order valence-corrected chi connectivity index (χ3v) is 3.68. The second kappa shape index (κ2) is 7.81. The molecular formula is C15H20BrClO2. The van der Waals surface area contributed by atoms with Gasteiger partial charge in [0.25, 0.3) is 0 Å². The highest BCUT2D eigenvalue weighted by Crippen LogP contribution is 2.37. The smallest absolute Gasteiger partial charge is 0.174 e. The summed E-state index contributed by atoms with van der Waals surface area (Å²) in [6.07, 6.45) is 2.10. The lowest BCUT2D eigenvalue weighted by atomic mass is 10.0. The fraction of sp³-hybridized carbons (Fsp3) is 0.467. The van der Waals surface area contributed by atoms with Gasteiger partial charge in [0.1, 0.15) is 0 Å². The first-order chi connectivity index (χ1) is 9.03. The Labute approximate surface area is 128 Å². The van der Waals surface area contributed by atoms with E-state index in [4.69, 9.17) is 21.1 Å². The maximum atomic E-state index is 5.98. The standard InChI is InChI=1S/C15H20BrClO2/c1-5-19-14-8-11(6-12(9-17)10(2)3)7-13(16)15(14)18-4/h6-8,10H,5,9H2,1-4H3. The van der Waals surface area contributed by atoms with E-state index in [-0.39, 0.29) is 0 Å². The van der Waals surface area contributed by atoms with Crippen molar-refractivity contribution in [2.45, 2.75) is 20.8 Å². The first-order valence-electron chi connectivity index (χ1n) is 6.30. The Morgan fingerprint density at radius 2 is 2.11 bits per heavy atom. The summed E-state index contributed by atoms with van der Waals surface area (Å²) in [6, 6.07) is 3.98. The molecule has 0 aliphatic carbocycles. The monoisotopic (exact) mass is 346 g/mol. The average Bonchev–Trinajstić information content (AvgIpc) is 2.35. The van der Waals surface area contributed by atoms with Crippen LogP contribution in [0.4, 0.5) is 0 Å². The highest BCUT2D eigenvalue weighted by molar-refractivity contribution is 9.10. The predicted molar refractivity (Wildman–Crippen MR) is 85.4 cm³/mol. The van der Waals surface area contributed by atoms with E-state index in [0.717, 1.165) is 21.5 Å². The van der Waals surface area contributed by atoms with Crippen molar-refractivity contribution in [1.82, 2.24) is 0 Å². The van der Waals surface area contributed by atoms with Crippen LogP contribution in [0.25, 0.3) is 6.08 Å². The Balaban J connectivity index is 3.23. The maximum Gasteiger partial charge on any atom is 0.174 e. The average molecular weight is 348 g/mol. The van der Waals surface area contributed by atoms with E-state index < -0.39 is 0 Å². The van der Waals surface area contributed by atoms with Crippen LogP contribution < -0.4 is 9.47 Å². The van der Waals surface area contributed by atoms with Crippen molar-refractivity contribution < 1.29 is 9.47 Å². The Morgan fingerprint density at radius 1 is 1.42 bits per heavy atom. The van der Waals surface area contributed by atoms with Gasteiger partial charge in [-0.15, -0.1) is 11.6 Å². The van der Waals surface area contributed by atoms with Crippen LogP contribution >= 0.6 is 27.5 Å². The number of hydrogen-bond acceptors (Lipinski definition) is 2. The number of benzene rings is 1. The molecule has 4 heteroatoms. The number of allylic oxidation sites excluding steroid dienone is 1. The van der Waals surface area contributed by atoms with Crippen molar-refractivity contribution in [3.63, 3.8) is 0 Å². The number of methoxy groups -OCH3 is 1. The molecule has 0 unspecified atom stereocenters. The van der Waals surface area contributed by atoms with Crippen LogP contribution in [-0.2, 0) is 0 Å². The molecule has 0 saturated heterocycles. The number of ether oxygens (including phenoxy) is 2. The molecule has 19 heavy (non-hydrogen) atoms. The van der Waals surface area contributed by atoms with E-state index in [1.165, 1.54) is 5.57 Å². The Kier molecular flexibility index (Phi) is 6.73. The minimum absolute atomic E-state index is 0.425. The number of halogens is 2. The summed E-state index contributed by atoms with van der Waals surface area (Å²) in [5, 5.41) is 0. The van der Waals surface area contributed by atoms with Gasteiger partial charge in [-0.05, 0) is 46.5 Å². The van der Waals surface area contributed by atoms with E-state index in [2.05, 4.69) is 35.9 Å². The van der Waals surface area contributed by atoms with Crippen LogP contribution in [0.1, 0.15) is 26.3 Å². The summed E-state index contributed by atoms with van der Waals surface area (Å²) in [6.45, 7) is 6.82. The fourth-order valence-corrected chi connectivity index (χ4v) is 2.71. The molecule has 2 nitrogen and oxygen atoms in total. The van der Waals surface area contributed by atoms with Gasteiger partial charge in [0, 0.05) is 5.88 Å². The largest absolute Gasteiger partial charge is 0.492 e. The summed E-state index contributed by atoms with van der Waals surface area (Å²) >= 11 is 9.49. The van der Waals surface area contributed by atoms with E-state index >= 15 is 0 Å². The fourth-order valence-electron chi connectivity index (χ4n) is 1.71. The van der Waals surface area contributed by atoms with Crippen LogP contribution in [0.15, 0.2) is 22.2 Å². The highest BCUT2D eigenvalue weighted by Gasteiger charge is 2.11. The van der Waals surface area contributed by atoms with Crippen molar-refractivity contribution in [3.05, 3.63) is 27.7 Å². The summed E-state index contributed by atoms with van der Waals surface area (Å²) < 4.78 is 11.8. The molecule has 0 amide bonds. The lowest BCUT2D eigenvalue weighted by Crippen LogP contribution is -1.98. The van der Waals surface area contributed by atoms with Crippen LogP contribution in [-0.4, -0.2) is 19.6 Å². The van der Waals surface area contributed by atoms with E-state index in [1.807, 2.05) is 19.1 Å². The quantitative estimate of drug-likeness (QED) is 0.664. The zero-order valence-corrected chi connectivity index (χ0v) is 14.1. The molecule has 0 bridgehead atoms. The molecule has 0 fully saturated rings. The third kappa shape index (κ3) is 4.43. The molecule has 0 saturated carbocycles. The molecule has 0 spiro atoms. The molecule has 1 aromatic rings. The second-order valence-electron chi connectivity index (χ2n) is 4.47. The molecule has 106 valence electrons. The SMILES string of the molecule is CCOc1cc(C=C(CCl)C(C)C)cc(Br)c1OC. The molecule has 0 atom stereocenters. The van der Waals surface area contributed by atoms with Crippen molar-refractivity contribution in [1.29, 1.82) is 0 Å². The zero-order valence-electron chi connectivity index (χ0n) is 11.8. The molecular weight excluding hydrogens is 328 g/mol. The van der Waals surface area contributed by atoms with Crippen molar-refractivity contribution in [2.24, 2.45) is 5.92 Å². The first-order valence-corrected chi connectivity index (χ1v) is 7.63. The van der Waals surface area contributed by atoms with Crippen LogP contribution in [0.2, 0.25) is 0 Å². The van der Waals surface area contributed by atoms with Gasteiger partial charge < -0.3 is 9.47 Å². The van der Waals surface area contributed by atoms with Gasteiger partial charge in [-0.1, -0.05) is 25.5 Å². The number of alkyl halides is 1. The van der Waals surface area contributed by atoms with Gasteiger partial charge in [0.05, 0.1) is 18.2 Å². The van der Waals surface area contributed by atoms with Crippen molar-refractivity contribution in [2.75, 3.05) is 19.6 Å². The summed E-state index contributed by atoms with van der Waals surface area (Å²) in [5.74, 6) is 2.42. The van der Waals surface area contributed by atoms with Gasteiger partial charge in [0.2, 0.25) is 0 Å². The van der Waals surface area contributed by atoms with E-state index in [1.54, 1.807) is 7.11 Å². The molecule has 0 aliphatic heterocycles. The zero-order chi connectivity index (χ0) is 14.4. The Morgan fingerprint density at radius 3 is 2.58 bits per heavy atom. The molecule has 0 N–H and O–H groups in total. The van der Waals surface area contributed by atoms with Crippen LogP contribution in [0.3, 0.4) is 0 Å². The van der Waals surface area contributed by atoms with Gasteiger partial charge in [-0.25, -0.2) is 0 Å². The van der Waals surface area contributed by atoms with Gasteiger partial charge in [-0.3, -0.25) is 0 Å². The topological polar surface area (TPSA) is 18.5 Å². The van der Waals surface area contributed by atoms with Crippen molar-refractivity contribution in [3.8, 4) is 11.5 Å². The van der Waals surface area contributed by atoms with Gasteiger partial charge >= 0.3 is 0 Å². The molecule has 0 radical (unpaired) electrons. The Bertz CT molecular complexity index is 456. The molecule has 0 aliphatic rings. The molecule has 1 rings (SSSR count). The molecule has 0 aromatic heterocycles. The van der Waals surface area contributed by atoms with Crippen molar-refractivity contribution >= 4 is 33.6 Å². The van der Waals surface area contributed by atoms with Crippen LogP contribution in [0.5, 0.6) is 11.5 Å². The third-order valence-electron chi connectivity index (χ3n) is 2.78. The minimum Gasteiger partial charge on any atom is -0.492 e. The van der Waals surface area contributed by atoms with Gasteiger partial charge in [-0.2, -0.15) is 0 Å². The summed E-state index contributed by atoms with van der Waals surface area (Å²) in [7, 11) is 1.64. The van der Waals surface area contributed by atoms with Crippen LogP contribution in [0, 0.1) is 5.92 Å². The lowest BCUT2D eigenvalue weighted by Gasteiger charge is -2.13. The normalized spacial score (nSPS) is 11.8. The highest BCUT2D eigenvalue weighted by atomic mass is 79.9. The Hall–Kier alpha value is -0.670. The number of hydrogen-bond donors (Lipinski definition) is 0. The first kappa shape index (κ1) is 16.4. The molecule has 0 heterocycles. The second-order valence-corrected chi connectivity index (χ2v) is 5.60. The minimum atomic E-state index is 0.425. The predicted octanol–water partition coefficient (Wildman–Crippen LogP) is 5.13. The maximum absolute atomic E-state index is 5.98. The summed E-state index contributed by atoms with van der Waals surface area (Å²) in [4.78, 5) is 0.